The Morgan fingerprint density at radius 2 is 1.93 bits per heavy atom. The molecule has 1 aromatic rings. The smallest absolute Gasteiger partial charge is 0.422 e. The third-order valence-corrected chi connectivity index (χ3v) is 3.75. The van der Waals surface area contributed by atoms with Crippen LogP contribution in [0.2, 0.25) is 0 Å². The number of aryl methyl sites for hydroxylation is 1. The maximum absolute atomic E-state index is 12.5. The van der Waals surface area contributed by atoms with E-state index in [9.17, 15) is 18.0 Å². The number of hydrogen-bond acceptors (Lipinski definition) is 3. The van der Waals surface area contributed by atoms with E-state index in [1.165, 1.54) is 4.90 Å². The van der Waals surface area contributed by atoms with E-state index in [-0.39, 0.29) is 48.7 Å². The fourth-order valence-electron chi connectivity index (χ4n) is 2.13. The highest BCUT2D eigenvalue weighted by atomic mass is 127. The first-order valence-corrected chi connectivity index (χ1v) is 9.13. The SMILES string of the molecule is CCCCNC(=NCc1ccc(C)cc1OCC(F)(F)F)NCC(=O)N(C)C.I. The van der Waals surface area contributed by atoms with E-state index in [0.717, 1.165) is 18.4 Å². The summed E-state index contributed by atoms with van der Waals surface area (Å²) in [5.41, 5.74) is 1.33. The van der Waals surface area contributed by atoms with E-state index in [4.69, 9.17) is 4.74 Å². The molecule has 0 unspecified atom stereocenters. The first-order chi connectivity index (χ1) is 13.1. The summed E-state index contributed by atoms with van der Waals surface area (Å²) in [6.45, 7) is 3.33. The maximum atomic E-state index is 12.5. The van der Waals surface area contributed by atoms with E-state index in [0.29, 0.717) is 18.1 Å². The van der Waals surface area contributed by atoms with Crippen molar-refractivity contribution < 1.29 is 22.7 Å². The van der Waals surface area contributed by atoms with Crippen molar-refractivity contribution in [1.29, 1.82) is 0 Å². The average Bonchev–Trinajstić information content (AvgIpc) is 2.61. The highest BCUT2D eigenvalue weighted by Gasteiger charge is 2.28. The largest absolute Gasteiger partial charge is 0.484 e. The number of amides is 1. The quantitative estimate of drug-likeness (QED) is 0.222. The molecule has 0 aromatic heterocycles. The predicted octanol–water partition coefficient (Wildman–Crippen LogP) is 3.48. The number of likely N-dealkylation sites (N-methyl/N-ethyl adjacent to an activating group) is 1. The van der Waals surface area contributed by atoms with Gasteiger partial charge in [-0.1, -0.05) is 25.5 Å². The molecule has 1 aromatic carbocycles. The second kappa shape index (κ2) is 13.5. The molecule has 0 aliphatic rings. The number of hydrogen-bond donors (Lipinski definition) is 2. The van der Waals surface area contributed by atoms with Gasteiger partial charge in [0.1, 0.15) is 5.75 Å². The lowest BCUT2D eigenvalue weighted by molar-refractivity contribution is -0.153. The molecule has 0 heterocycles. The van der Waals surface area contributed by atoms with E-state index in [1.807, 2.05) is 0 Å². The Kier molecular flexibility index (Phi) is 12.7. The molecule has 2 N–H and O–H groups in total. The van der Waals surface area contributed by atoms with Gasteiger partial charge in [0, 0.05) is 26.2 Å². The third-order valence-electron chi connectivity index (χ3n) is 3.75. The molecule has 0 bridgehead atoms. The zero-order valence-corrected chi connectivity index (χ0v) is 19.6. The lowest BCUT2D eigenvalue weighted by Crippen LogP contribution is -2.43. The number of halogens is 4. The minimum Gasteiger partial charge on any atom is -0.484 e. The van der Waals surface area contributed by atoms with E-state index in [2.05, 4.69) is 22.5 Å². The summed E-state index contributed by atoms with van der Waals surface area (Å²) in [6, 6.07) is 5.04. The highest BCUT2D eigenvalue weighted by molar-refractivity contribution is 14.0. The van der Waals surface area contributed by atoms with Crippen LogP contribution in [-0.4, -0.2) is 56.7 Å². The van der Waals surface area contributed by atoms with Gasteiger partial charge in [0.15, 0.2) is 12.6 Å². The number of benzene rings is 1. The van der Waals surface area contributed by atoms with Crippen molar-refractivity contribution in [3.05, 3.63) is 29.3 Å². The number of ether oxygens (including phenoxy) is 1. The van der Waals surface area contributed by atoms with E-state index >= 15 is 0 Å². The second-order valence-electron chi connectivity index (χ2n) is 6.60. The van der Waals surface area contributed by atoms with Crippen LogP contribution in [0, 0.1) is 6.92 Å². The van der Waals surface area contributed by atoms with Crippen molar-refractivity contribution in [2.45, 2.75) is 39.4 Å². The van der Waals surface area contributed by atoms with Crippen molar-refractivity contribution in [1.82, 2.24) is 15.5 Å². The summed E-state index contributed by atoms with van der Waals surface area (Å²) in [5.74, 6) is 0.457. The topological polar surface area (TPSA) is 66.0 Å². The normalized spacial score (nSPS) is 11.5. The van der Waals surface area contributed by atoms with Crippen LogP contribution in [-0.2, 0) is 11.3 Å². The van der Waals surface area contributed by atoms with Crippen molar-refractivity contribution in [3.63, 3.8) is 0 Å². The van der Waals surface area contributed by atoms with Crippen molar-refractivity contribution in [2.24, 2.45) is 4.99 Å². The maximum Gasteiger partial charge on any atom is 0.422 e. The molecule has 0 atom stereocenters. The summed E-state index contributed by atoms with van der Waals surface area (Å²) in [6.07, 6.45) is -2.50. The molecule has 29 heavy (non-hydrogen) atoms. The van der Waals surface area contributed by atoms with E-state index < -0.39 is 12.8 Å². The van der Waals surface area contributed by atoms with Crippen LogP contribution in [0.4, 0.5) is 13.2 Å². The van der Waals surface area contributed by atoms with Crippen molar-refractivity contribution in [3.8, 4) is 5.75 Å². The van der Waals surface area contributed by atoms with Gasteiger partial charge in [-0.15, -0.1) is 24.0 Å². The summed E-state index contributed by atoms with van der Waals surface area (Å²) < 4.78 is 42.4. The van der Waals surface area contributed by atoms with E-state index in [1.54, 1.807) is 39.2 Å². The molecule has 0 radical (unpaired) electrons. The molecule has 166 valence electrons. The minimum atomic E-state index is -4.41. The molecule has 0 aliphatic carbocycles. The Morgan fingerprint density at radius 3 is 2.52 bits per heavy atom. The van der Waals surface area contributed by atoms with Gasteiger partial charge < -0.3 is 20.3 Å². The molecule has 0 saturated carbocycles. The lowest BCUT2D eigenvalue weighted by Gasteiger charge is -2.16. The molecule has 0 spiro atoms. The Hall–Kier alpha value is -1.72. The Balaban J connectivity index is 0.00000784. The zero-order valence-electron chi connectivity index (χ0n) is 17.2. The standard InChI is InChI=1S/C19H29F3N4O2.HI/c1-5-6-9-23-18(25-12-17(27)26(3)4)24-11-15-8-7-14(2)10-16(15)28-13-19(20,21)22;/h7-8,10H,5-6,9,11-13H2,1-4H3,(H2,23,24,25);1H. The van der Waals surface area contributed by atoms with Crippen LogP contribution in [0.25, 0.3) is 0 Å². The average molecular weight is 530 g/mol. The Bertz CT molecular complexity index is 667. The lowest BCUT2D eigenvalue weighted by atomic mass is 10.1. The Labute approximate surface area is 187 Å². The fraction of sp³-hybridized carbons (Fsp3) is 0.579. The van der Waals surface area contributed by atoms with Gasteiger partial charge in [-0.2, -0.15) is 13.2 Å². The van der Waals surface area contributed by atoms with Crippen molar-refractivity contribution in [2.75, 3.05) is 33.8 Å². The van der Waals surface area contributed by atoms with Crippen LogP contribution >= 0.6 is 24.0 Å². The molecular formula is C19H30F3IN4O2. The number of unbranched alkanes of at least 4 members (excludes halogenated alkanes) is 1. The third kappa shape index (κ3) is 11.8. The van der Waals surface area contributed by atoms with Crippen LogP contribution in [0.5, 0.6) is 5.75 Å². The summed E-state index contributed by atoms with van der Waals surface area (Å²) in [7, 11) is 3.31. The molecule has 0 aliphatic heterocycles. The van der Waals surface area contributed by atoms with Gasteiger partial charge in [-0.05, 0) is 25.0 Å². The van der Waals surface area contributed by atoms with Gasteiger partial charge in [0.25, 0.3) is 0 Å². The summed E-state index contributed by atoms with van der Waals surface area (Å²) in [4.78, 5) is 17.6. The number of alkyl halides is 3. The minimum absolute atomic E-state index is 0. The van der Waals surface area contributed by atoms with Gasteiger partial charge in [0.2, 0.25) is 5.91 Å². The number of aliphatic imine (C=N–C) groups is 1. The monoisotopic (exact) mass is 530 g/mol. The number of rotatable bonds is 9. The number of guanidine groups is 1. The number of carbonyl (C=O) groups is 1. The molecule has 1 rings (SSSR count). The second-order valence-corrected chi connectivity index (χ2v) is 6.60. The van der Waals surface area contributed by atoms with Gasteiger partial charge >= 0.3 is 6.18 Å². The first-order valence-electron chi connectivity index (χ1n) is 9.13. The number of nitrogens with zero attached hydrogens (tertiary/aromatic N) is 2. The summed E-state index contributed by atoms with van der Waals surface area (Å²) >= 11 is 0. The molecule has 10 heteroatoms. The van der Waals surface area contributed by atoms with Gasteiger partial charge in [0.05, 0.1) is 13.1 Å². The highest BCUT2D eigenvalue weighted by Crippen LogP contribution is 2.24. The molecular weight excluding hydrogens is 500 g/mol. The molecule has 0 saturated heterocycles. The van der Waals surface area contributed by atoms with Crippen molar-refractivity contribution >= 4 is 35.8 Å². The van der Waals surface area contributed by atoms with Crippen LogP contribution in [0.15, 0.2) is 23.2 Å². The fourth-order valence-corrected chi connectivity index (χ4v) is 2.13. The van der Waals surface area contributed by atoms with Crippen LogP contribution in [0.3, 0.4) is 0 Å². The summed E-state index contributed by atoms with van der Waals surface area (Å²) in [5, 5.41) is 6.06. The molecule has 1 amide bonds. The van der Waals surface area contributed by atoms with Gasteiger partial charge in [-0.25, -0.2) is 4.99 Å². The molecule has 0 fully saturated rings. The number of nitrogens with one attached hydrogen (secondary N) is 2. The zero-order chi connectivity index (χ0) is 21.2. The Morgan fingerprint density at radius 1 is 1.24 bits per heavy atom. The van der Waals surface area contributed by atoms with Crippen LogP contribution in [0.1, 0.15) is 30.9 Å². The number of carbonyl (C=O) groups excluding carboxylic acids is 1. The predicted molar refractivity (Wildman–Crippen MR) is 119 cm³/mol. The molecule has 6 nitrogen and oxygen atoms in total. The van der Waals surface area contributed by atoms with Gasteiger partial charge in [-0.3, -0.25) is 4.79 Å². The van der Waals surface area contributed by atoms with Crippen LogP contribution < -0.4 is 15.4 Å². The first kappa shape index (κ1) is 27.3.